The molecule has 1 saturated carbocycles. The molecule has 1 saturated heterocycles. The van der Waals surface area contributed by atoms with Crippen LogP contribution in [0.3, 0.4) is 0 Å². The highest BCUT2D eigenvalue weighted by molar-refractivity contribution is 5.79. The van der Waals surface area contributed by atoms with Crippen LogP contribution in [0.5, 0.6) is 5.75 Å². The van der Waals surface area contributed by atoms with Gasteiger partial charge in [0.1, 0.15) is 11.7 Å². The first-order valence-electron chi connectivity index (χ1n) is 10.5. The van der Waals surface area contributed by atoms with E-state index in [0.29, 0.717) is 31.3 Å². The Hall–Kier alpha value is -2.58. The number of carbonyl (C=O) groups excluding carboxylic acids is 1. The number of methoxy groups -OCH3 is 1. The van der Waals surface area contributed by atoms with Crippen LogP contribution in [0.15, 0.2) is 28.7 Å². The predicted octanol–water partition coefficient (Wildman–Crippen LogP) is 4.46. The van der Waals surface area contributed by atoms with Gasteiger partial charge in [-0.1, -0.05) is 6.92 Å². The molecule has 0 spiro atoms. The number of likely N-dealkylation sites (tertiary alicyclic amines) is 1. The van der Waals surface area contributed by atoms with Gasteiger partial charge in [0.25, 0.3) is 0 Å². The number of nitrogens with zero attached hydrogens (tertiary/aromatic N) is 3. The molecule has 6 nitrogen and oxygen atoms in total. The van der Waals surface area contributed by atoms with Crippen molar-refractivity contribution in [2.24, 2.45) is 17.8 Å². The zero-order valence-corrected chi connectivity index (χ0v) is 17.8. The van der Waals surface area contributed by atoms with Crippen LogP contribution in [-0.4, -0.2) is 47.4 Å². The summed E-state index contributed by atoms with van der Waals surface area (Å²) in [7, 11) is 1.60. The fraction of sp³-hybridized carbons (Fsp3) is 0.591. The largest absolute Gasteiger partial charge is 0.497 e. The fourth-order valence-electron chi connectivity index (χ4n) is 4.73. The van der Waals surface area contributed by atoms with Crippen molar-refractivity contribution in [3.63, 3.8) is 0 Å². The molecule has 2 unspecified atom stereocenters. The second kappa shape index (κ2) is 7.84. The molecular formula is C22H26F3N3O3. The minimum Gasteiger partial charge on any atom is -0.497 e. The van der Waals surface area contributed by atoms with Crippen molar-refractivity contribution in [2.45, 2.75) is 44.7 Å². The number of halogens is 3. The molecule has 1 aromatic heterocycles. The van der Waals surface area contributed by atoms with Gasteiger partial charge in [0.2, 0.25) is 17.7 Å². The molecule has 0 N–H and O–H groups in total. The predicted molar refractivity (Wildman–Crippen MR) is 106 cm³/mol. The average Bonchev–Trinajstić information content (AvgIpc) is 3.40. The number of hydrogen-bond acceptors (Lipinski definition) is 5. The molecule has 2 fully saturated rings. The number of amides is 1. The number of carbonyl (C=O) groups is 1. The number of benzene rings is 1. The van der Waals surface area contributed by atoms with E-state index in [1.54, 1.807) is 7.11 Å². The number of alkyl halides is 3. The van der Waals surface area contributed by atoms with Crippen LogP contribution in [0.4, 0.5) is 13.2 Å². The lowest BCUT2D eigenvalue weighted by atomic mass is 9.75. The maximum absolute atomic E-state index is 13.0. The van der Waals surface area contributed by atoms with E-state index in [9.17, 15) is 18.0 Å². The van der Waals surface area contributed by atoms with Crippen molar-refractivity contribution in [3.05, 3.63) is 30.2 Å². The summed E-state index contributed by atoms with van der Waals surface area (Å²) in [6.45, 7) is 3.55. The highest BCUT2D eigenvalue weighted by atomic mass is 19.4. The Balaban J connectivity index is 1.47. The van der Waals surface area contributed by atoms with E-state index in [4.69, 9.17) is 9.15 Å². The average molecular weight is 437 g/mol. The molecule has 4 rings (SSSR count). The summed E-state index contributed by atoms with van der Waals surface area (Å²) in [4.78, 5) is 13.6. The third kappa shape index (κ3) is 4.02. The molecule has 31 heavy (non-hydrogen) atoms. The quantitative estimate of drug-likeness (QED) is 0.691. The summed E-state index contributed by atoms with van der Waals surface area (Å²) >= 11 is 0. The molecule has 0 radical (unpaired) electrons. The molecule has 2 aromatic rings. The highest BCUT2D eigenvalue weighted by Crippen LogP contribution is 2.58. The van der Waals surface area contributed by atoms with Crippen LogP contribution in [0, 0.1) is 17.8 Å². The molecule has 3 atom stereocenters. The Morgan fingerprint density at radius 3 is 2.48 bits per heavy atom. The molecule has 9 heteroatoms. The Kier molecular flexibility index (Phi) is 5.47. The minimum absolute atomic E-state index is 0.0389. The number of hydrogen-bond donors (Lipinski definition) is 0. The molecule has 1 aromatic carbocycles. The van der Waals surface area contributed by atoms with Gasteiger partial charge < -0.3 is 14.1 Å². The van der Waals surface area contributed by atoms with Gasteiger partial charge in [0.15, 0.2) is 0 Å². The first kappa shape index (κ1) is 21.6. The van der Waals surface area contributed by atoms with Gasteiger partial charge in [0.05, 0.1) is 12.5 Å². The van der Waals surface area contributed by atoms with Gasteiger partial charge in [0, 0.05) is 18.7 Å². The third-order valence-electron chi connectivity index (χ3n) is 6.76. The van der Waals surface area contributed by atoms with Gasteiger partial charge in [-0.05, 0) is 62.3 Å². The van der Waals surface area contributed by atoms with Gasteiger partial charge in [-0.15, -0.1) is 10.2 Å². The lowest BCUT2D eigenvalue weighted by molar-refractivity contribution is -0.187. The van der Waals surface area contributed by atoms with E-state index in [-0.39, 0.29) is 17.3 Å². The SMILES string of the molecule is COc1ccc(-c2nnc(C3(C4CCN(C(=O)[C@H](C)C(F)(F)F)CC4C)CC3)o2)cc1. The van der Waals surface area contributed by atoms with Gasteiger partial charge >= 0.3 is 6.18 Å². The van der Waals surface area contributed by atoms with Crippen LogP contribution in [-0.2, 0) is 10.2 Å². The third-order valence-corrected chi connectivity index (χ3v) is 6.76. The van der Waals surface area contributed by atoms with E-state index < -0.39 is 18.0 Å². The Labute approximate surface area is 178 Å². The summed E-state index contributed by atoms with van der Waals surface area (Å²) in [6.07, 6.45) is -2.09. The normalized spacial score (nSPS) is 24.0. The zero-order valence-electron chi connectivity index (χ0n) is 17.8. The van der Waals surface area contributed by atoms with Gasteiger partial charge in [-0.3, -0.25) is 4.79 Å². The van der Waals surface area contributed by atoms with Crippen molar-refractivity contribution in [1.82, 2.24) is 15.1 Å². The Morgan fingerprint density at radius 1 is 1.26 bits per heavy atom. The minimum atomic E-state index is -4.52. The van der Waals surface area contributed by atoms with Crippen molar-refractivity contribution in [3.8, 4) is 17.2 Å². The summed E-state index contributed by atoms with van der Waals surface area (Å²) in [5.74, 6) is -0.853. The summed E-state index contributed by atoms with van der Waals surface area (Å²) < 4.78 is 50.1. The molecule has 1 amide bonds. The van der Waals surface area contributed by atoms with Crippen molar-refractivity contribution < 1.29 is 27.1 Å². The van der Waals surface area contributed by atoms with Crippen LogP contribution < -0.4 is 4.74 Å². The van der Waals surface area contributed by atoms with Gasteiger partial charge in [-0.2, -0.15) is 13.2 Å². The number of aromatic nitrogens is 2. The lowest BCUT2D eigenvalue weighted by Crippen LogP contribution is -2.49. The number of piperidine rings is 1. The summed E-state index contributed by atoms with van der Waals surface area (Å²) in [5, 5.41) is 8.53. The molecule has 2 heterocycles. The molecule has 1 aliphatic carbocycles. The summed E-state index contributed by atoms with van der Waals surface area (Å²) in [5.41, 5.74) is 0.548. The van der Waals surface area contributed by atoms with E-state index >= 15 is 0 Å². The van der Waals surface area contributed by atoms with E-state index in [1.165, 1.54) is 4.90 Å². The molecular weight excluding hydrogens is 411 g/mol. The monoisotopic (exact) mass is 437 g/mol. The maximum Gasteiger partial charge on any atom is 0.400 e. The lowest BCUT2D eigenvalue weighted by Gasteiger charge is -2.41. The first-order chi connectivity index (χ1) is 14.7. The number of rotatable bonds is 5. The van der Waals surface area contributed by atoms with Gasteiger partial charge in [-0.25, -0.2) is 0 Å². The molecule has 168 valence electrons. The first-order valence-corrected chi connectivity index (χ1v) is 10.5. The standard InChI is InChI=1S/C22H26F3N3O3/c1-13-12-28(19(29)14(2)22(23,24)25)11-8-17(13)21(9-10-21)20-27-26-18(31-20)15-4-6-16(30-3)7-5-15/h4-7,13-14,17H,8-12H2,1-3H3/t13?,14-,17?/m0/s1. The zero-order chi connectivity index (χ0) is 22.4. The van der Waals surface area contributed by atoms with Crippen LogP contribution >= 0.6 is 0 Å². The second-order valence-corrected chi connectivity index (χ2v) is 8.72. The van der Waals surface area contributed by atoms with Crippen LogP contribution in [0.25, 0.3) is 11.5 Å². The molecule has 0 bridgehead atoms. The van der Waals surface area contributed by atoms with E-state index in [0.717, 1.165) is 31.1 Å². The molecule has 2 aliphatic rings. The van der Waals surface area contributed by atoms with E-state index in [2.05, 4.69) is 10.2 Å². The fourth-order valence-corrected chi connectivity index (χ4v) is 4.73. The number of ether oxygens (including phenoxy) is 1. The topological polar surface area (TPSA) is 68.5 Å². The Bertz CT molecular complexity index is 937. The Morgan fingerprint density at radius 2 is 1.94 bits per heavy atom. The summed E-state index contributed by atoms with van der Waals surface area (Å²) in [6, 6.07) is 7.35. The van der Waals surface area contributed by atoms with Crippen molar-refractivity contribution in [1.29, 1.82) is 0 Å². The van der Waals surface area contributed by atoms with Crippen LogP contribution in [0.1, 0.15) is 39.0 Å². The van der Waals surface area contributed by atoms with Crippen molar-refractivity contribution >= 4 is 5.91 Å². The smallest absolute Gasteiger partial charge is 0.400 e. The highest BCUT2D eigenvalue weighted by Gasteiger charge is 2.57. The maximum atomic E-state index is 13.0. The van der Waals surface area contributed by atoms with Crippen molar-refractivity contribution in [2.75, 3.05) is 20.2 Å². The second-order valence-electron chi connectivity index (χ2n) is 8.72. The van der Waals surface area contributed by atoms with E-state index in [1.807, 2.05) is 31.2 Å². The molecule has 1 aliphatic heterocycles. The van der Waals surface area contributed by atoms with Crippen LogP contribution in [0.2, 0.25) is 0 Å².